The number of aliphatic hydroxyl groups excluding tert-OH is 1. The van der Waals surface area contributed by atoms with Crippen molar-refractivity contribution in [2.24, 2.45) is 0 Å². The molecule has 7 nitrogen and oxygen atoms in total. The van der Waals surface area contributed by atoms with E-state index in [1.165, 1.54) is 5.69 Å². The van der Waals surface area contributed by atoms with Gasteiger partial charge in [-0.15, -0.1) is 5.10 Å². The molecule has 0 bridgehead atoms. The smallest absolute Gasteiger partial charge is 0.153 e. The van der Waals surface area contributed by atoms with E-state index in [1.54, 1.807) is 4.68 Å². The van der Waals surface area contributed by atoms with Gasteiger partial charge < -0.3 is 20.6 Å². The van der Waals surface area contributed by atoms with Crippen LogP contribution in [0.1, 0.15) is 11.3 Å². The van der Waals surface area contributed by atoms with Crippen LogP contribution in [0.2, 0.25) is 0 Å². The molecule has 5 rings (SSSR count). The first kappa shape index (κ1) is 17.0. The number of aliphatic hydroxyl groups is 1. The summed E-state index contributed by atoms with van der Waals surface area (Å²) in [6, 6.07) is 16.2. The summed E-state index contributed by atoms with van der Waals surface area (Å²) >= 11 is 0. The summed E-state index contributed by atoms with van der Waals surface area (Å²) < 4.78 is 1.74. The zero-order valence-corrected chi connectivity index (χ0v) is 15.4. The van der Waals surface area contributed by atoms with Crippen LogP contribution in [0.5, 0.6) is 0 Å². The van der Waals surface area contributed by atoms with Crippen LogP contribution in [-0.2, 0) is 0 Å². The zero-order valence-electron chi connectivity index (χ0n) is 15.4. The van der Waals surface area contributed by atoms with Gasteiger partial charge in [-0.05, 0) is 42.0 Å². The van der Waals surface area contributed by atoms with Crippen molar-refractivity contribution >= 4 is 23.0 Å². The third-order valence-corrected chi connectivity index (χ3v) is 5.24. The molecule has 3 heterocycles. The standard InChI is InChI=1S/C21H22N6O/c28-21-18(13-15-3-1-2-4-19(15)23-21)20-14-27(25-24-20)17-7-5-16(6-8-17)26-11-9-22-10-12-26/h1-8,13-14,21-23,28H,9-12H2. The highest BCUT2D eigenvalue weighted by Crippen LogP contribution is 2.30. The molecule has 2 aromatic carbocycles. The Bertz CT molecular complexity index is 1000. The van der Waals surface area contributed by atoms with Crippen LogP contribution >= 0.6 is 0 Å². The molecule has 28 heavy (non-hydrogen) atoms. The maximum Gasteiger partial charge on any atom is 0.153 e. The Morgan fingerprint density at radius 3 is 2.54 bits per heavy atom. The monoisotopic (exact) mass is 374 g/mol. The van der Waals surface area contributed by atoms with Gasteiger partial charge in [-0.3, -0.25) is 0 Å². The van der Waals surface area contributed by atoms with Crippen molar-refractivity contribution < 1.29 is 5.11 Å². The fraction of sp³-hybridized carbons (Fsp3) is 0.238. The van der Waals surface area contributed by atoms with Crippen molar-refractivity contribution in [3.05, 3.63) is 66.0 Å². The Morgan fingerprint density at radius 1 is 0.964 bits per heavy atom. The van der Waals surface area contributed by atoms with Gasteiger partial charge in [-0.2, -0.15) is 0 Å². The van der Waals surface area contributed by atoms with Crippen molar-refractivity contribution in [2.75, 3.05) is 36.4 Å². The van der Waals surface area contributed by atoms with Gasteiger partial charge >= 0.3 is 0 Å². The summed E-state index contributed by atoms with van der Waals surface area (Å²) in [4.78, 5) is 2.37. The second kappa shape index (κ2) is 7.10. The second-order valence-electron chi connectivity index (χ2n) is 7.04. The number of benzene rings is 2. The summed E-state index contributed by atoms with van der Waals surface area (Å²) in [6.45, 7) is 4.08. The van der Waals surface area contributed by atoms with Crippen LogP contribution in [-0.4, -0.2) is 52.5 Å². The summed E-state index contributed by atoms with van der Waals surface area (Å²) in [5.74, 6) is 0. The first-order valence-electron chi connectivity index (χ1n) is 9.52. The predicted octanol–water partition coefficient (Wildman–Crippen LogP) is 1.96. The van der Waals surface area contributed by atoms with Gasteiger partial charge in [0.15, 0.2) is 6.23 Å². The SMILES string of the molecule is OC1Nc2ccccc2C=C1c1cn(-c2ccc(N3CCNCC3)cc2)nn1. The van der Waals surface area contributed by atoms with Crippen LogP contribution < -0.4 is 15.5 Å². The average molecular weight is 374 g/mol. The van der Waals surface area contributed by atoms with E-state index in [0.29, 0.717) is 11.3 Å². The molecule has 0 amide bonds. The largest absolute Gasteiger partial charge is 0.369 e. The molecule has 1 unspecified atom stereocenters. The van der Waals surface area contributed by atoms with E-state index in [4.69, 9.17) is 0 Å². The quantitative estimate of drug-likeness (QED) is 0.651. The Labute approximate surface area is 163 Å². The van der Waals surface area contributed by atoms with Crippen LogP contribution in [0, 0.1) is 0 Å². The minimum Gasteiger partial charge on any atom is -0.369 e. The summed E-state index contributed by atoms with van der Waals surface area (Å²) in [5, 5.41) is 25.5. The predicted molar refractivity (Wildman–Crippen MR) is 110 cm³/mol. The van der Waals surface area contributed by atoms with Crippen molar-refractivity contribution in [3.63, 3.8) is 0 Å². The van der Waals surface area contributed by atoms with E-state index < -0.39 is 6.23 Å². The van der Waals surface area contributed by atoms with Gasteiger partial charge in [-0.25, -0.2) is 4.68 Å². The number of anilines is 2. The third-order valence-electron chi connectivity index (χ3n) is 5.24. The topological polar surface area (TPSA) is 78.2 Å². The van der Waals surface area contributed by atoms with Crippen molar-refractivity contribution in [3.8, 4) is 5.69 Å². The molecule has 2 aliphatic rings. The number of piperazine rings is 1. The van der Waals surface area contributed by atoms with Crippen LogP contribution in [0.3, 0.4) is 0 Å². The van der Waals surface area contributed by atoms with E-state index in [9.17, 15) is 5.11 Å². The lowest BCUT2D eigenvalue weighted by Crippen LogP contribution is -2.43. The maximum atomic E-state index is 10.5. The molecule has 2 aliphatic heterocycles. The molecule has 1 aromatic heterocycles. The normalized spacial score (nSPS) is 19.0. The number of rotatable bonds is 3. The van der Waals surface area contributed by atoms with E-state index in [-0.39, 0.29) is 0 Å². The molecule has 1 fully saturated rings. The first-order chi connectivity index (χ1) is 13.8. The van der Waals surface area contributed by atoms with E-state index in [1.807, 2.05) is 36.5 Å². The molecule has 3 aromatic rings. The lowest BCUT2D eigenvalue weighted by Gasteiger charge is -2.29. The van der Waals surface area contributed by atoms with Gasteiger partial charge in [0.05, 0.1) is 11.9 Å². The first-order valence-corrected chi connectivity index (χ1v) is 9.52. The maximum absolute atomic E-state index is 10.5. The number of nitrogens with zero attached hydrogens (tertiary/aromatic N) is 4. The molecular weight excluding hydrogens is 352 g/mol. The number of aromatic nitrogens is 3. The van der Waals surface area contributed by atoms with Gasteiger partial charge in [0.2, 0.25) is 0 Å². The number of hydrogen-bond acceptors (Lipinski definition) is 6. The molecule has 0 aliphatic carbocycles. The van der Waals surface area contributed by atoms with Gasteiger partial charge in [0.25, 0.3) is 0 Å². The highest BCUT2D eigenvalue weighted by molar-refractivity contribution is 5.90. The molecular formula is C21H22N6O. The van der Waals surface area contributed by atoms with Gasteiger partial charge in [-0.1, -0.05) is 23.4 Å². The average Bonchev–Trinajstić information content (AvgIpc) is 3.24. The summed E-state index contributed by atoms with van der Waals surface area (Å²) in [5.41, 5.74) is 5.46. The molecule has 1 atom stereocenters. The van der Waals surface area contributed by atoms with E-state index >= 15 is 0 Å². The molecule has 0 saturated carbocycles. The number of para-hydroxylation sites is 1. The van der Waals surface area contributed by atoms with E-state index in [2.05, 4.69) is 50.1 Å². The van der Waals surface area contributed by atoms with Crippen LogP contribution in [0.25, 0.3) is 17.3 Å². The number of nitrogens with one attached hydrogen (secondary N) is 2. The lowest BCUT2D eigenvalue weighted by molar-refractivity contribution is 0.261. The summed E-state index contributed by atoms with van der Waals surface area (Å²) in [6.07, 6.45) is 3.00. The van der Waals surface area contributed by atoms with Crippen LogP contribution in [0.4, 0.5) is 11.4 Å². The molecule has 142 valence electrons. The van der Waals surface area contributed by atoms with Gasteiger partial charge in [0, 0.05) is 43.1 Å². The lowest BCUT2D eigenvalue weighted by atomic mass is 10.0. The molecule has 3 N–H and O–H groups in total. The van der Waals surface area contributed by atoms with Crippen LogP contribution in [0.15, 0.2) is 54.7 Å². The second-order valence-corrected chi connectivity index (χ2v) is 7.04. The Kier molecular flexibility index (Phi) is 4.31. The number of fused-ring (bicyclic) bond motifs is 1. The van der Waals surface area contributed by atoms with Crippen molar-refractivity contribution in [2.45, 2.75) is 6.23 Å². The fourth-order valence-corrected chi connectivity index (χ4v) is 3.70. The minimum atomic E-state index is -0.810. The summed E-state index contributed by atoms with van der Waals surface area (Å²) in [7, 11) is 0. The Hall–Kier alpha value is -3.16. The molecule has 0 radical (unpaired) electrons. The zero-order chi connectivity index (χ0) is 18.9. The number of hydrogen-bond donors (Lipinski definition) is 3. The minimum absolute atomic E-state index is 0.653. The fourth-order valence-electron chi connectivity index (χ4n) is 3.70. The molecule has 0 spiro atoms. The van der Waals surface area contributed by atoms with Crippen molar-refractivity contribution in [1.29, 1.82) is 0 Å². The highest BCUT2D eigenvalue weighted by atomic mass is 16.3. The van der Waals surface area contributed by atoms with Crippen molar-refractivity contribution in [1.82, 2.24) is 20.3 Å². The highest BCUT2D eigenvalue weighted by Gasteiger charge is 2.22. The van der Waals surface area contributed by atoms with Gasteiger partial charge in [0.1, 0.15) is 5.69 Å². The Morgan fingerprint density at radius 2 is 1.71 bits per heavy atom. The Balaban J connectivity index is 1.40. The molecule has 7 heteroatoms. The third kappa shape index (κ3) is 3.15. The van der Waals surface area contributed by atoms with E-state index in [0.717, 1.165) is 43.1 Å². The molecule has 1 saturated heterocycles.